The summed E-state index contributed by atoms with van der Waals surface area (Å²) >= 11 is 3.30. The number of amides is 1. The van der Waals surface area contributed by atoms with Gasteiger partial charge in [-0.3, -0.25) is 9.59 Å². The predicted octanol–water partition coefficient (Wildman–Crippen LogP) is 2.94. The summed E-state index contributed by atoms with van der Waals surface area (Å²) in [5, 5.41) is 5.52. The normalized spacial score (nSPS) is 22.5. The lowest BCUT2D eigenvalue weighted by Gasteiger charge is -2.22. The molecular formula is C18H18N2O5S2. The summed E-state index contributed by atoms with van der Waals surface area (Å²) in [6.07, 6.45) is 3.59. The van der Waals surface area contributed by atoms with E-state index in [1.165, 1.54) is 5.01 Å². The van der Waals surface area contributed by atoms with E-state index < -0.39 is 0 Å². The predicted molar refractivity (Wildman–Crippen MR) is 103 cm³/mol. The Balaban J connectivity index is 1.44. The maximum atomic E-state index is 12.7. The summed E-state index contributed by atoms with van der Waals surface area (Å²) in [5.41, 5.74) is 0.653. The number of thioether (sulfide) groups is 2. The molecule has 0 spiro atoms. The van der Waals surface area contributed by atoms with Crippen molar-refractivity contribution in [3.05, 3.63) is 48.3 Å². The summed E-state index contributed by atoms with van der Waals surface area (Å²) in [7, 11) is 0. The molecule has 9 heteroatoms. The molecule has 7 nitrogen and oxygen atoms in total. The van der Waals surface area contributed by atoms with Gasteiger partial charge >= 0.3 is 5.97 Å². The zero-order chi connectivity index (χ0) is 18.6. The molecule has 0 bridgehead atoms. The number of carbonyl (C=O) groups is 2. The van der Waals surface area contributed by atoms with Gasteiger partial charge in [-0.15, -0.1) is 11.8 Å². The van der Waals surface area contributed by atoms with Gasteiger partial charge in [0.25, 0.3) is 5.91 Å². The highest BCUT2D eigenvalue weighted by Crippen LogP contribution is 2.33. The molecule has 27 heavy (non-hydrogen) atoms. The average Bonchev–Trinajstić information content (AvgIpc) is 3.46. The van der Waals surface area contributed by atoms with Gasteiger partial charge in [0.15, 0.2) is 6.61 Å². The Bertz CT molecular complexity index is 813. The van der Waals surface area contributed by atoms with Crippen molar-refractivity contribution in [2.24, 2.45) is 5.10 Å². The Labute approximate surface area is 164 Å². The van der Waals surface area contributed by atoms with E-state index in [1.54, 1.807) is 60.3 Å². The summed E-state index contributed by atoms with van der Waals surface area (Å²) in [6.45, 7) is -0.341. The Morgan fingerprint density at radius 3 is 2.78 bits per heavy atom. The van der Waals surface area contributed by atoms with E-state index in [4.69, 9.17) is 13.6 Å². The van der Waals surface area contributed by atoms with E-state index >= 15 is 0 Å². The van der Waals surface area contributed by atoms with Crippen molar-refractivity contribution in [2.45, 2.75) is 17.7 Å². The van der Waals surface area contributed by atoms with Gasteiger partial charge in [-0.1, -0.05) is 0 Å². The lowest BCUT2D eigenvalue weighted by molar-refractivity contribution is -0.152. The van der Waals surface area contributed by atoms with Crippen LogP contribution in [0.3, 0.4) is 0 Å². The van der Waals surface area contributed by atoms with E-state index in [1.807, 2.05) is 0 Å². The Morgan fingerprint density at radius 1 is 1.22 bits per heavy atom. The minimum absolute atomic E-state index is 0.210. The third-order valence-electron chi connectivity index (χ3n) is 4.26. The average molecular weight is 406 g/mol. The molecule has 2 atom stereocenters. The first-order chi connectivity index (χ1) is 13.2. The van der Waals surface area contributed by atoms with Crippen molar-refractivity contribution in [1.29, 1.82) is 0 Å². The number of hydrogen-bond donors (Lipinski definition) is 0. The molecule has 0 aromatic carbocycles. The summed E-state index contributed by atoms with van der Waals surface area (Å²) in [4.78, 5) is 24.9. The Kier molecular flexibility index (Phi) is 5.58. The standard InChI is InChI=1S/C18H18N2O5S2/c21-17(10-25-18(22)16-11-26-7-8-27-16)20-13(15-4-2-6-24-15)9-12(19-20)14-3-1-5-23-14/h1-6,13,16H,7-11H2/t13-,16-/m0/s1. The van der Waals surface area contributed by atoms with Gasteiger partial charge in [-0.05, 0) is 24.3 Å². The molecule has 2 aromatic heterocycles. The monoisotopic (exact) mass is 406 g/mol. The molecule has 0 aliphatic carbocycles. The van der Waals surface area contributed by atoms with Crippen LogP contribution in [0.15, 0.2) is 50.7 Å². The van der Waals surface area contributed by atoms with Gasteiger partial charge < -0.3 is 13.6 Å². The number of nitrogens with zero attached hydrogens (tertiary/aromatic N) is 2. The summed E-state index contributed by atoms with van der Waals surface area (Å²) in [6, 6.07) is 6.75. The zero-order valence-electron chi connectivity index (χ0n) is 14.4. The maximum absolute atomic E-state index is 12.7. The molecule has 1 amide bonds. The first-order valence-corrected chi connectivity index (χ1v) is 10.8. The highest BCUT2D eigenvalue weighted by molar-refractivity contribution is 8.07. The van der Waals surface area contributed by atoms with Crippen molar-refractivity contribution < 1.29 is 23.2 Å². The highest BCUT2D eigenvalue weighted by atomic mass is 32.2. The third-order valence-corrected chi connectivity index (χ3v) is 6.99. The molecular weight excluding hydrogens is 388 g/mol. The molecule has 142 valence electrons. The van der Waals surface area contributed by atoms with E-state index in [9.17, 15) is 9.59 Å². The smallest absolute Gasteiger partial charge is 0.320 e. The molecule has 1 fully saturated rings. The van der Waals surface area contributed by atoms with Crippen LogP contribution < -0.4 is 0 Å². The molecule has 0 radical (unpaired) electrons. The summed E-state index contributed by atoms with van der Waals surface area (Å²) < 4.78 is 16.1. The number of hydrazone groups is 1. The molecule has 2 aliphatic heterocycles. The van der Waals surface area contributed by atoms with Crippen molar-refractivity contribution in [1.82, 2.24) is 5.01 Å². The Hall–Kier alpha value is -2.13. The van der Waals surface area contributed by atoms with Crippen molar-refractivity contribution in [3.63, 3.8) is 0 Å². The lowest BCUT2D eigenvalue weighted by Crippen LogP contribution is -2.34. The molecule has 0 saturated carbocycles. The number of rotatable bonds is 5. The number of carbonyl (C=O) groups excluding carboxylic acids is 2. The van der Waals surface area contributed by atoms with Gasteiger partial charge in [0.05, 0.1) is 12.5 Å². The van der Waals surface area contributed by atoms with Gasteiger partial charge in [-0.2, -0.15) is 16.9 Å². The molecule has 2 aliphatic rings. The number of hydrogen-bond acceptors (Lipinski definition) is 8. The first kappa shape index (κ1) is 18.2. The van der Waals surface area contributed by atoms with Crippen molar-refractivity contribution in [3.8, 4) is 0 Å². The maximum Gasteiger partial charge on any atom is 0.320 e. The lowest BCUT2D eigenvalue weighted by atomic mass is 10.1. The Morgan fingerprint density at radius 2 is 2.07 bits per heavy atom. The molecule has 0 N–H and O–H groups in total. The van der Waals surface area contributed by atoms with Crippen molar-refractivity contribution in [2.75, 3.05) is 23.9 Å². The van der Waals surface area contributed by atoms with Crippen LogP contribution in [0.4, 0.5) is 0 Å². The number of ether oxygens (including phenoxy) is 1. The van der Waals surface area contributed by atoms with Crippen LogP contribution in [0, 0.1) is 0 Å². The first-order valence-electron chi connectivity index (χ1n) is 8.55. The molecule has 1 saturated heterocycles. The van der Waals surface area contributed by atoms with Crippen LogP contribution in [-0.4, -0.2) is 51.7 Å². The third kappa shape index (κ3) is 4.08. The fraction of sp³-hybridized carbons (Fsp3) is 0.389. The second-order valence-corrected chi connectivity index (χ2v) is 8.50. The van der Waals surface area contributed by atoms with Crippen LogP contribution in [-0.2, 0) is 14.3 Å². The molecule has 4 rings (SSSR count). The van der Waals surface area contributed by atoms with Crippen LogP contribution in [0.2, 0.25) is 0 Å². The van der Waals surface area contributed by atoms with E-state index in [0.717, 1.165) is 17.3 Å². The SMILES string of the molecule is O=C(OCC(=O)N1N=C(c2ccco2)C[C@H]1c1ccco1)[C@@H]1CSCCS1. The molecule has 0 unspecified atom stereocenters. The van der Waals surface area contributed by atoms with Crippen LogP contribution in [0.5, 0.6) is 0 Å². The number of furan rings is 2. The summed E-state index contributed by atoms with van der Waals surface area (Å²) in [5.74, 6) is 3.17. The topological polar surface area (TPSA) is 85.3 Å². The minimum Gasteiger partial charge on any atom is -0.467 e. The molecule has 4 heterocycles. The van der Waals surface area contributed by atoms with Gasteiger partial charge in [0.2, 0.25) is 0 Å². The quantitative estimate of drug-likeness (QED) is 0.706. The minimum atomic E-state index is -0.389. The largest absolute Gasteiger partial charge is 0.467 e. The van der Waals surface area contributed by atoms with E-state index in [0.29, 0.717) is 23.7 Å². The second-order valence-electron chi connectivity index (χ2n) is 6.04. The molecule has 2 aromatic rings. The fourth-order valence-corrected chi connectivity index (χ4v) is 5.49. The van der Waals surface area contributed by atoms with Crippen LogP contribution in [0.1, 0.15) is 24.0 Å². The van der Waals surface area contributed by atoms with Crippen molar-refractivity contribution >= 4 is 41.1 Å². The second kappa shape index (κ2) is 8.26. The highest BCUT2D eigenvalue weighted by Gasteiger charge is 2.36. The van der Waals surface area contributed by atoms with Crippen LogP contribution in [0.25, 0.3) is 0 Å². The number of esters is 1. The fourth-order valence-electron chi connectivity index (χ4n) is 2.95. The van der Waals surface area contributed by atoms with Gasteiger partial charge in [-0.25, -0.2) is 5.01 Å². The van der Waals surface area contributed by atoms with Gasteiger partial charge in [0.1, 0.15) is 28.5 Å². The van der Waals surface area contributed by atoms with Gasteiger partial charge in [0, 0.05) is 23.7 Å². The van der Waals surface area contributed by atoms with E-state index in [2.05, 4.69) is 5.10 Å². The van der Waals surface area contributed by atoms with E-state index in [-0.39, 0.29) is 29.8 Å². The van der Waals surface area contributed by atoms with Crippen LogP contribution >= 0.6 is 23.5 Å². The zero-order valence-corrected chi connectivity index (χ0v) is 16.0.